The van der Waals surface area contributed by atoms with Gasteiger partial charge in [0.05, 0.1) is 24.8 Å². The SMILES string of the molecule is COc1ccc(-c2ccc(C(=O)N3[C@@H](c4ccccc4F)CC[C@H]3C(=O)O)cc2)c(C#N)c1. The standard InChI is InChI=1S/C26H21FN2O4/c1-33-19-10-11-20(18(14-19)15-28)16-6-8-17(9-7-16)25(30)29-23(12-13-24(29)26(31)32)21-4-2-3-5-22(21)27/h2-11,14,23-24H,12-13H2,1H3,(H,31,32)/t23-,24+/m1/s1. The van der Waals surface area contributed by atoms with Crippen LogP contribution >= 0.6 is 0 Å². The maximum Gasteiger partial charge on any atom is 0.326 e. The second kappa shape index (κ2) is 9.13. The first-order chi connectivity index (χ1) is 15.9. The lowest BCUT2D eigenvalue weighted by Crippen LogP contribution is -2.42. The number of carboxylic acids is 1. The van der Waals surface area contributed by atoms with Gasteiger partial charge >= 0.3 is 5.97 Å². The number of rotatable bonds is 5. The van der Waals surface area contributed by atoms with Crippen molar-refractivity contribution in [2.75, 3.05) is 7.11 Å². The maximum atomic E-state index is 14.5. The van der Waals surface area contributed by atoms with E-state index < -0.39 is 29.8 Å². The Morgan fingerprint density at radius 3 is 2.45 bits per heavy atom. The Kier molecular flexibility index (Phi) is 6.09. The molecule has 0 aliphatic carbocycles. The molecule has 166 valence electrons. The van der Waals surface area contributed by atoms with E-state index >= 15 is 0 Å². The zero-order chi connectivity index (χ0) is 23.5. The molecular formula is C26H21FN2O4. The lowest BCUT2D eigenvalue weighted by atomic mass is 9.98. The van der Waals surface area contributed by atoms with Gasteiger partial charge in [0, 0.05) is 11.1 Å². The molecular weight excluding hydrogens is 423 g/mol. The van der Waals surface area contributed by atoms with E-state index in [2.05, 4.69) is 6.07 Å². The van der Waals surface area contributed by atoms with Gasteiger partial charge in [0.25, 0.3) is 5.91 Å². The fraction of sp³-hybridized carbons (Fsp3) is 0.192. The Morgan fingerprint density at radius 1 is 1.09 bits per heavy atom. The van der Waals surface area contributed by atoms with Gasteiger partial charge in [-0.15, -0.1) is 0 Å². The lowest BCUT2D eigenvalue weighted by molar-refractivity contribution is -0.141. The minimum Gasteiger partial charge on any atom is -0.497 e. The summed E-state index contributed by atoms with van der Waals surface area (Å²) in [6, 6.07) is 18.3. The second-order valence-corrected chi connectivity index (χ2v) is 7.78. The number of methoxy groups -OCH3 is 1. The molecule has 0 aromatic heterocycles. The molecule has 0 spiro atoms. The predicted molar refractivity (Wildman–Crippen MR) is 119 cm³/mol. The Balaban J connectivity index is 1.67. The van der Waals surface area contributed by atoms with Gasteiger partial charge in [-0.3, -0.25) is 4.79 Å². The number of benzene rings is 3. The number of carbonyl (C=O) groups is 2. The van der Waals surface area contributed by atoms with Crippen LogP contribution in [0.3, 0.4) is 0 Å². The third-order valence-corrected chi connectivity index (χ3v) is 5.96. The molecule has 1 heterocycles. The van der Waals surface area contributed by atoms with E-state index in [0.29, 0.717) is 34.4 Å². The van der Waals surface area contributed by atoms with Crippen LogP contribution in [0, 0.1) is 17.1 Å². The quantitative estimate of drug-likeness (QED) is 0.610. The highest BCUT2D eigenvalue weighted by Crippen LogP contribution is 2.38. The second-order valence-electron chi connectivity index (χ2n) is 7.78. The molecule has 33 heavy (non-hydrogen) atoms. The molecule has 3 aromatic rings. The van der Waals surface area contributed by atoms with Gasteiger partial charge in [-0.2, -0.15) is 5.26 Å². The van der Waals surface area contributed by atoms with Crippen molar-refractivity contribution in [1.29, 1.82) is 5.26 Å². The van der Waals surface area contributed by atoms with Gasteiger partial charge in [0.1, 0.15) is 17.6 Å². The molecule has 1 fully saturated rings. The number of nitriles is 1. The van der Waals surface area contributed by atoms with Crippen LogP contribution in [0.1, 0.15) is 40.4 Å². The van der Waals surface area contributed by atoms with Crippen LogP contribution in [-0.2, 0) is 4.79 Å². The average Bonchev–Trinajstić information content (AvgIpc) is 3.29. The highest BCUT2D eigenvalue weighted by Gasteiger charge is 2.42. The summed E-state index contributed by atoms with van der Waals surface area (Å²) in [5.41, 5.74) is 2.45. The van der Waals surface area contributed by atoms with Gasteiger partial charge in [-0.1, -0.05) is 30.3 Å². The van der Waals surface area contributed by atoms with Crippen LogP contribution in [0.25, 0.3) is 11.1 Å². The normalized spacial score (nSPS) is 17.4. The van der Waals surface area contributed by atoms with E-state index in [-0.39, 0.29) is 6.42 Å². The number of likely N-dealkylation sites (tertiary alicyclic amines) is 1. The fourth-order valence-electron chi connectivity index (χ4n) is 4.32. The number of aliphatic carboxylic acids is 1. The molecule has 1 aliphatic heterocycles. The fourth-order valence-corrected chi connectivity index (χ4v) is 4.32. The molecule has 1 N–H and O–H groups in total. The first-order valence-corrected chi connectivity index (χ1v) is 10.4. The van der Waals surface area contributed by atoms with Crippen molar-refractivity contribution in [1.82, 2.24) is 4.90 Å². The minimum absolute atomic E-state index is 0.246. The highest BCUT2D eigenvalue weighted by atomic mass is 19.1. The number of nitrogens with zero attached hydrogens (tertiary/aromatic N) is 2. The maximum absolute atomic E-state index is 14.5. The molecule has 1 aliphatic rings. The topological polar surface area (TPSA) is 90.6 Å². The van der Waals surface area contributed by atoms with Crippen molar-refractivity contribution in [2.24, 2.45) is 0 Å². The average molecular weight is 444 g/mol. The molecule has 4 rings (SSSR count). The first kappa shape index (κ1) is 22.0. The number of carboxylic acid groups (broad SMARTS) is 1. The number of ether oxygens (including phenoxy) is 1. The lowest BCUT2D eigenvalue weighted by Gasteiger charge is -2.29. The molecule has 0 bridgehead atoms. The number of carbonyl (C=O) groups excluding carboxylic acids is 1. The molecule has 7 heteroatoms. The van der Waals surface area contributed by atoms with Crippen molar-refractivity contribution in [3.63, 3.8) is 0 Å². The summed E-state index contributed by atoms with van der Waals surface area (Å²) in [7, 11) is 1.52. The van der Waals surface area contributed by atoms with E-state index in [1.807, 2.05) is 0 Å². The molecule has 0 unspecified atom stereocenters. The highest BCUT2D eigenvalue weighted by molar-refractivity contribution is 5.97. The molecule has 0 saturated carbocycles. The van der Waals surface area contributed by atoms with Gasteiger partial charge in [-0.05, 0) is 60.4 Å². The molecule has 1 saturated heterocycles. The van der Waals surface area contributed by atoms with E-state index in [1.165, 1.54) is 18.1 Å². The van der Waals surface area contributed by atoms with Crippen LogP contribution in [0.5, 0.6) is 5.75 Å². The van der Waals surface area contributed by atoms with Crippen molar-refractivity contribution in [2.45, 2.75) is 24.9 Å². The third kappa shape index (κ3) is 4.15. The smallest absolute Gasteiger partial charge is 0.326 e. The van der Waals surface area contributed by atoms with Gasteiger partial charge < -0.3 is 14.7 Å². The minimum atomic E-state index is -1.12. The number of hydrogen-bond acceptors (Lipinski definition) is 4. The van der Waals surface area contributed by atoms with Crippen molar-refractivity contribution in [3.8, 4) is 22.9 Å². The van der Waals surface area contributed by atoms with Crippen molar-refractivity contribution < 1.29 is 23.8 Å². The summed E-state index contributed by atoms with van der Waals surface area (Å²) in [5, 5.41) is 19.2. The monoisotopic (exact) mass is 444 g/mol. The molecule has 3 aromatic carbocycles. The summed E-state index contributed by atoms with van der Waals surface area (Å²) in [6.07, 6.45) is 0.606. The van der Waals surface area contributed by atoms with Crippen LogP contribution in [0.2, 0.25) is 0 Å². The van der Waals surface area contributed by atoms with Gasteiger partial charge in [0.2, 0.25) is 0 Å². The number of hydrogen-bond donors (Lipinski definition) is 1. The van der Waals surface area contributed by atoms with Crippen LogP contribution < -0.4 is 4.74 Å². The Hall–Kier alpha value is -4.18. The van der Waals surface area contributed by atoms with Crippen molar-refractivity contribution >= 4 is 11.9 Å². The largest absolute Gasteiger partial charge is 0.497 e. The summed E-state index contributed by atoms with van der Waals surface area (Å²) >= 11 is 0. The summed E-state index contributed by atoms with van der Waals surface area (Å²) < 4.78 is 19.6. The van der Waals surface area contributed by atoms with Gasteiger partial charge in [-0.25, -0.2) is 9.18 Å². The van der Waals surface area contributed by atoms with E-state index in [0.717, 1.165) is 5.56 Å². The van der Waals surface area contributed by atoms with Gasteiger partial charge in [0.15, 0.2) is 0 Å². The summed E-state index contributed by atoms with van der Waals surface area (Å²) in [5.74, 6) is -1.49. The molecule has 0 radical (unpaired) electrons. The first-order valence-electron chi connectivity index (χ1n) is 10.4. The summed E-state index contributed by atoms with van der Waals surface area (Å²) in [6.45, 7) is 0. The molecule has 2 atom stereocenters. The zero-order valence-corrected chi connectivity index (χ0v) is 17.9. The Bertz CT molecular complexity index is 1250. The molecule has 6 nitrogen and oxygen atoms in total. The third-order valence-electron chi connectivity index (χ3n) is 5.96. The number of amides is 1. The van der Waals surface area contributed by atoms with Crippen LogP contribution in [0.15, 0.2) is 66.7 Å². The van der Waals surface area contributed by atoms with E-state index in [4.69, 9.17) is 4.74 Å². The van der Waals surface area contributed by atoms with E-state index in [9.17, 15) is 24.3 Å². The predicted octanol–water partition coefficient (Wildman–Crippen LogP) is 4.80. The Morgan fingerprint density at radius 2 is 1.82 bits per heavy atom. The van der Waals surface area contributed by atoms with Crippen LogP contribution in [0.4, 0.5) is 4.39 Å². The van der Waals surface area contributed by atoms with E-state index in [1.54, 1.807) is 60.7 Å². The van der Waals surface area contributed by atoms with Crippen molar-refractivity contribution in [3.05, 3.63) is 89.2 Å². The molecule has 1 amide bonds. The zero-order valence-electron chi connectivity index (χ0n) is 17.9. The number of halogens is 1. The Labute approximate surface area is 190 Å². The van der Waals surface area contributed by atoms with Crippen LogP contribution in [-0.4, -0.2) is 35.0 Å². The summed E-state index contributed by atoms with van der Waals surface area (Å²) in [4.78, 5) is 26.5.